The fraction of sp³-hybridized carbons (Fsp3) is 0.222. The number of carbonyl (C=O) groups excluding carboxylic acids is 1. The van der Waals surface area contributed by atoms with Crippen molar-refractivity contribution >= 4 is 11.6 Å². The van der Waals surface area contributed by atoms with Crippen molar-refractivity contribution in [3.63, 3.8) is 0 Å². The van der Waals surface area contributed by atoms with E-state index in [4.69, 9.17) is 0 Å². The van der Waals surface area contributed by atoms with Crippen molar-refractivity contribution in [1.29, 1.82) is 0 Å². The molecule has 24 heavy (non-hydrogen) atoms. The molecule has 0 radical (unpaired) electrons. The molecule has 120 valence electrons. The summed E-state index contributed by atoms with van der Waals surface area (Å²) in [6.07, 6.45) is 0.877. The lowest BCUT2D eigenvalue weighted by molar-refractivity contribution is -0.119. The highest BCUT2D eigenvalue weighted by atomic mass is 16.2. The number of nitrogens with zero attached hydrogens (tertiary/aromatic N) is 5. The molecule has 0 fully saturated rings. The van der Waals surface area contributed by atoms with Crippen LogP contribution in [-0.2, 0) is 17.8 Å². The predicted molar refractivity (Wildman–Crippen MR) is 90.3 cm³/mol. The molecule has 1 atom stereocenters. The lowest BCUT2D eigenvalue weighted by atomic mass is 10.1. The second-order valence-corrected chi connectivity index (χ2v) is 5.96. The normalized spacial score (nSPS) is 16.2. The van der Waals surface area contributed by atoms with Gasteiger partial charge in [0.25, 0.3) is 5.91 Å². The number of amides is 1. The second kappa shape index (κ2) is 5.88. The first-order valence-corrected chi connectivity index (χ1v) is 7.95. The minimum Gasteiger partial charge on any atom is -0.307 e. The van der Waals surface area contributed by atoms with E-state index < -0.39 is 0 Å². The van der Waals surface area contributed by atoms with E-state index in [9.17, 15) is 4.79 Å². The first-order chi connectivity index (χ1) is 11.7. The number of benzene rings is 2. The van der Waals surface area contributed by atoms with Gasteiger partial charge >= 0.3 is 0 Å². The molecular weight excluding hydrogens is 302 g/mol. The van der Waals surface area contributed by atoms with Gasteiger partial charge in [0.2, 0.25) is 5.82 Å². The van der Waals surface area contributed by atoms with Crippen LogP contribution in [0.4, 0.5) is 5.69 Å². The Morgan fingerprint density at radius 3 is 2.71 bits per heavy atom. The molecule has 2 heterocycles. The third-order valence-corrected chi connectivity index (χ3v) is 4.24. The number of anilines is 1. The molecule has 4 rings (SSSR count). The van der Waals surface area contributed by atoms with Gasteiger partial charge in [-0.15, -0.1) is 10.2 Å². The molecular formula is C18H17N5O. The van der Waals surface area contributed by atoms with Crippen molar-refractivity contribution in [3.05, 3.63) is 60.2 Å². The maximum atomic E-state index is 12.7. The Balaban J connectivity index is 1.54. The summed E-state index contributed by atoms with van der Waals surface area (Å²) < 4.78 is 0. The predicted octanol–water partition coefficient (Wildman–Crippen LogP) is 2.32. The van der Waals surface area contributed by atoms with Crippen LogP contribution < -0.4 is 4.90 Å². The summed E-state index contributed by atoms with van der Waals surface area (Å²) in [6, 6.07) is 17.8. The monoisotopic (exact) mass is 319 g/mol. The van der Waals surface area contributed by atoms with Crippen molar-refractivity contribution in [2.24, 2.45) is 0 Å². The van der Waals surface area contributed by atoms with E-state index in [0.717, 1.165) is 17.7 Å². The average Bonchev–Trinajstić information content (AvgIpc) is 3.19. The van der Waals surface area contributed by atoms with Crippen LogP contribution in [0.1, 0.15) is 12.5 Å². The molecule has 1 aromatic heterocycles. The van der Waals surface area contributed by atoms with Crippen molar-refractivity contribution < 1.29 is 4.79 Å². The highest BCUT2D eigenvalue weighted by molar-refractivity contribution is 5.95. The van der Waals surface area contributed by atoms with Crippen LogP contribution in [0.25, 0.3) is 11.4 Å². The fourth-order valence-electron chi connectivity index (χ4n) is 3.16. The molecule has 1 aliphatic heterocycles. The number of aromatic nitrogens is 4. The summed E-state index contributed by atoms with van der Waals surface area (Å²) in [4.78, 5) is 15.9. The summed E-state index contributed by atoms with van der Waals surface area (Å²) in [5, 5.41) is 12.4. The van der Waals surface area contributed by atoms with Gasteiger partial charge in [0.15, 0.2) is 0 Å². The van der Waals surface area contributed by atoms with Crippen LogP contribution >= 0.6 is 0 Å². The third-order valence-electron chi connectivity index (χ3n) is 4.24. The van der Waals surface area contributed by atoms with Gasteiger partial charge in [-0.3, -0.25) is 4.79 Å². The summed E-state index contributed by atoms with van der Waals surface area (Å²) in [7, 11) is 0. The second-order valence-electron chi connectivity index (χ2n) is 5.96. The molecule has 2 aromatic carbocycles. The molecule has 6 nitrogen and oxygen atoms in total. The molecule has 0 spiro atoms. The molecule has 6 heteroatoms. The van der Waals surface area contributed by atoms with Crippen molar-refractivity contribution in [2.75, 3.05) is 4.90 Å². The molecule has 3 aromatic rings. The minimum atomic E-state index is -0.0236. The lowest BCUT2D eigenvalue weighted by Gasteiger charge is -2.22. The largest absolute Gasteiger partial charge is 0.307 e. The molecule has 0 aliphatic carbocycles. The summed E-state index contributed by atoms with van der Waals surface area (Å²) >= 11 is 0. The molecule has 0 saturated heterocycles. The molecule has 1 unspecified atom stereocenters. The van der Waals surface area contributed by atoms with Gasteiger partial charge in [-0.05, 0) is 30.2 Å². The van der Waals surface area contributed by atoms with Crippen LogP contribution in [0, 0.1) is 0 Å². The smallest absolute Gasteiger partial charge is 0.250 e. The average molecular weight is 319 g/mol. The van der Waals surface area contributed by atoms with E-state index in [1.54, 1.807) is 0 Å². The first kappa shape index (κ1) is 14.6. The van der Waals surface area contributed by atoms with Gasteiger partial charge in [0.1, 0.15) is 6.54 Å². The molecule has 1 amide bonds. The van der Waals surface area contributed by atoms with Gasteiger partial charge in [-0.25, -0.2) is 0 Å². The molecule has 0 saturated carbocycles. The van der Waals surface area contributed by atoms with Crippen LogP contribution in [0.5, 0.6) is 0 Å². The van der Waals surface area contributed by atoms with Crippen LogP contribution in [0.2, 0.25) is 0 Å². The Morgan fingerprint density at radius 2 is 1.88 bits per heavy atom. The van der Waals surface area contributed by atoms with Gasteiger partial charge in [0.05, 0.1) is 0 Å². The van der Waals surface area contributed by atoms with Crippen molar-refractivity contribution in [1.82, 2.24) is 20.2 Å². The zero-order chi connectivity index (χ0) is 16.5. The topological polar surface area (TPSA) is 63.9 Å². The number of rotatable bonds is 3. The maximum Gasteiger partial charge on any atom is 0.250 e. The SMILES string of the molecule is CC1Cc2ccccc2N1C(=O)Cn1nnc(-c2ccccc2)n1. The van der Waals surface area contributed by atoms with E-state index >= 15 is 0 Å². The zero-order valence-corrected chi connectivity index (χ0v) is 13.3. The highest BCUT2D eigenvalue weighted by Gasteiger charge is 2.30. The molecule has 0 N–H and O–H groups in total. The standard InChI is InChI=1S/C18H17N5O/c1-13-11-15-9-5-6-10-16(15)23(13)17(24)12-22-20-18(19-21-22)14-7-3-2-4-8-14/h2-10,13H,11-12H2,1H3. The summed E-state index contributed by atoms with van der Waals surface area (Å²) in [6.45, 7) is 2.14. The number of fused-ring (bicyclic) bond motifs is 1. The highest BCUT2D eigenvalue weighted by Crippen LogP contribution is 2.31. The Morgan fingerprint density at radius 1 is 1.12 bits per heavy atom. The van der Waals surface area contributed by atoms with Crippen molar-refractivity contribution in [3.8, 4) is 11.4 Å². The van der Waals surface area contributed by atoms with E-state index in [0.29, 0.717) is 5.82 Å². The summed E-state index contributed by atoms with van der Waals surface area (Å²) in [5.74, 6) is 0.503. The fourth-order valence-corrected chi connectivity index (χ4v) is 3.16. The quantitative estimate of drug-likeness (QED) is 0.743. The Labute approximate surface area is 139 Å². The number of hydrogen-bond donors (Lipinski definition) is 0. The Hall–Kier alpha value is -3.02. The van der Waals surface area contributed by atoms with E-state index in [2.05, 4.69) is 28.4 Å². The first-order valence-electron chi connectivity index (χ1n) is 7.95. The van der Waals surface area contributed by atoms with Crippen LogP contribution in [0.3, 0.4) is 0 Å². The third kappa shape index (κ3) is 2.56. The van der Waals surface area contributed by atoms with E-state index in [1.165, 1.54) is 10.4 Å². The number of para-hydroxylation sites is 1. The van der Waals surface area contributed by atoms with Gasteiger partial charge in [0, 0.05) is 17.3 Å². The number of hydrogen-bond acceptors (Lipinski definition) is 4. The van der Waals surface area contributed by atoms with Gasteiger partial charge in [-0.2, -0.15) is 4.80 Å². The van der Waals surface area contributed by atoms with Gasteiger partial charge in [-0.1, -0.05) is 48.5 Å². The lowest BCUT2D eigenvalue weighted by Crippen LogP contribution is -2.38. The number of carbonyl (C=O) groups is 1. The molecule has 0 bridgehead atoms. The maximum absolute atomic E-state index is 12.7. The Kier molecular flexibility index (Phi) is 3.57. The van der Waals surface area contributed by atoms with E-state index in [-0.39, 0.29) is 18.5 Å². The summed E-state index contributed by atoms with van der Waals surface area (Å²) in [5.41, 5.74) is 3.07. The van der Waals surface area contributed by atoms with Gasteiger partial charge < -0.3 is 4.90 Å². The van der Waals surface area contributed by atoms with Crippen LogP contribution in [-0.4, -0.2) is 32.2 Å². The zero-order valence-electron chi connectivity index (χ0n) is 13.3. The van der Waals surface area contributed by atoms with E-state index in [1.807, 2.05) is 53.4 Å². The van der Waals surface area contributed by atoms with Crippen LogP contribution in [0.15, 0.2) is 54.6 Å². The number of tetrazole rings is 1. The minimum absolute atomic E-state index is 0.0236. The Bertz CT molecular complexity index is 874. The molecule has 1 aliphatic rings. The van der Waals surface area contributed by atoms with Crippen molar-refractivity contribution in [2.45, 2.75) is 25.9 Å².